The lowest BCUT2D eigenvalue weighted by atomic mass is 10.0. The van der Waals surface area contributed by atoms with E-state index < -0.39 is 0 Å². The topological polar surface area (TPSA) is 32.3 Å². The van der Waals surface area contributed by atoms with Gasteiger partial charge in [0.05, 0.1) is 0 Å². The van der Waals surface area contributed by atoms with E-state index in [0.717, 1.165) is 50.7 Å². The molecule has 114 valence electrons. The lowest BCUT2D eigenvalue weighted by Crippen LogP contribution is -2.48. The number of nitrogens with zero attached hydrogens (tertiary/aromatic N) is 1. The monoisotopic (exact) mass is 278 g/mol. The maximum absolute atomic E-state index is 12.0. The summed E-state index contributed by atoms with van der Waals surface area (Å²) >= 11 is 0. The summed E-state index contributed by atoms with van der Waals surface area (Å²) in [6.07, 6.45) is 11.5. The Morgan fingerprint density at radius 2 is 1.60 bits per heavy atom. The van der Waals surface area contributed by atoms with Crippen molar-refractivity contribution < 1.29 is 4.79 Å². The molecule has 3 heteroatoms. The number of hydrogen-bond donors (Lipinski definition) is 1. The fraction of sp³-hybridized carbons (Fsp3) is 0.941. The Morgan fingerprint density at radius 3 is 2.30 bits per heavy atom. The second kappa shape index (κ2) is 6.46. The van der Waals surface area contributed by atoms with Crippen LogP contribution < -0.4 is 5.32 Å². The molecule has 1 N–H and O–H groups in total. The largest absolute Gasteiger partial charge is 0.342 e. The molecule has 3 nitrogen and oxygen atoms in total. The Labute approximate surface area is 123 Å². The molecule has 0 bridgehead atoms. The van der Waals surface area contributed by atoms with Crippen LogP contribution in [0.15, 0.2) is 0 Å². The van der Waals surface area contributed by atoms with Crippen molar-refractivity contribution >= 4 is 5.91 Å². The van der Waals surface area contributed by atoms with Gasteiger partial charge in [0.15, 0.2) is 0 Å². The van der Waals surface area contributed by atoms with E-state index in [4.69, 9.17) is 0 Å². The van der Waals surface area contributed by atoms with Crippen LogP contribution in [-0.2, 0) is 4.79 Å². The van der Waals surface area contributed by atoms with E-state index in [2.05, 4.69) is 17.1 Å². The van der Waals surface area contributed by atoms with Crippen molar-refractivity contribution in [3.63, 3.8) is 0 Å². The van der Waals surface area contributed by atoms with Crippen LogP contribution in [0, 0.1) is 11.8 Å². The van der Waals surface area contributed by atoms with Gasteiger partial charge in [-0.2, -0.15) is 0 Å². The quantitative estimate of drug-likeness (QED) is 0.805. The zero-order valence-electron chi connectivity index (χ0n) is 12.9. The number of piperidine rings is 1. The SMILES string of the molecule is CC1CCCC(NC2CCN(C(=O)C3CC3)CC2)CC1. The molecule has 0 aromatic heterocycles. The van der Waals surface area contributed by atoms with Crippen molar-refractivity contribution in [3.05, 3.63) is 0 Å². The minimum atomic E-state index is 0.392. The molecule has 2 atom stereocenters. The molecule has 20 heavy (non-hydrogen) atoms. The van der Waals surface area contributed by atoms with Crippen LogP contribution >= 0.6 is 0 Å². The number of rotatable bonds is 3. The first-order valence-corrected chi connectivity index (χ1v) is 8.77. The molecule has 3 fully saturated rings. The number of amides is 1. The van der Waals surface area contributed by atoms with Crippen LogP contribution in [0.5, 0.6) is 0 Å². The molecule has 2 saturated carbocycles. The van der Waals surface area contributed by atoms with Gasteiger partial charge >= 0.3 is 0 Å². The van der Waals surface area contributed by atoms with Crippen molar-refractivity contribution in [2.75, 3.05) is 13.1 Å². The van der Waals surface area contributed by atoms with Gasteiger partial charge in [-0.3, -0.25) is 4.79 Å². The zero-order chi connectivity index (χ0) is 13.9. The van der Waals surface area contributed by atoms with Crippen molar-refractivity contribution in [3.8, 4) is 0 Å². The van der Waals surface area contributed by atoms with Crippen molar-refractivity contribution in [2.45, 2.75) is 76.8 Å². The predicted octanol–water partition coefficient (Wildman–Crippen LogP) is 2.95. The summed E-state index contributed by atoms with van der Waals surface area (Å²) in [5.74, 6) is 1.74. The van der Waals surface area contributed by atoms with E-state index in [9.17, 15) is 4.79 Å². The van der Waals surface area contributed by atoms with Gasteiger partial charge in [-0.15, -0.1) is 0 Å². The van der Waals surface area contributed by atoms with E-state index in [1.807, 2.05) is 0 Å². The van der Waals surface area contributed by atoms with Crippen LogP contribution in [0.25, 0.3) is 0 Å². The lowest BCUT2D eigenvalue weighted by Gasteiger charge is -2.34. The predicted molar refractivity (Wildman–Crippen MR) is 81.5 cm³/mol. The zero-order valence-corrected chi connectivity index (χ0v) is 12.9. The molecule has 0 spiro atoms. The van der Waals surface area contributed by atoms with Crippen LogP contribution in [0.4, 0.5) is 0 Å². The molecular formula is C17H30N2O. The highest BCUT2D eigenvalue weighted by atomic mass is 16.2. The summed E-state index contributed by atoms with van der Waals surface area (Å²) in [5.41, 5.74) is 0. The van der Waals surface area contributed by atoms with Gasteiger partial charge in [-0.1, -0.05) is 19.8 Å². The van der Waals surface area contributed by atoms with Crippen LogP contribution in [0.3, 0.4) is 0 Å². The van der Waals surface area contributed by atoms with E-state index >= 15 is 0 Å². The minimum Gasteiger partial charge on any atom is -0.342 e. The third-order valence-corrected chi connectivity index (χ3v) is 5.46. The van der Waals surface area contributed by atoms with Crippen molar-refractivity contribution in [1.29, 1.82) is 0 Å². The van der Waals surface area contributed by atoms with E-state index in [-0.39, 0.29) is 0 Å². The van der Waals surface area contributed by atoms with E-state index in [1.165, 1.54) is 32.1 Å². The third-order valence-electron chi connectivity index (χ3n) is 5.46. The Balaban J connectivity index is 1.40. The second-order valence-corrected chi connectivity index (χ2v) is 7.35. The molecule has 2 unspecified atom stereocenters. The second-order valence-electron chi connectivity index (χ2n) is 7.35. The number of carbonyl (C=O) groups excluding carboxylic acids is 1. The molecule has 0 aromatic rings. The molecule has 3 aliphatic rings. The highest BCUT2D eigenvalue weighted by Crippen LogP contribution is 2.32. The smallest absolute Gasteiger partial charge is 0.225 e. The third kappa shape index (κ3) is 3.75. The Morgan fingerprint density at radius 1 is 0.900 bits per heavy atom. The fourth-order valence-electron chi connectivity index (χ4n) is 3.84. The van der Waals surface area contributed by atoms with Crippen molar-refractivity contribution in [1.82, 2.24) is 10.2 Å². The average molecular weight is 278 g/mol. The molecule has 1 saturated heterocycles. The molecule has 0 aromatic carbocycles. The van der Waals surface area contributed by atoms with Crippen molar-refractivity contribution in [2.24, 2.45) is 11.8 Å². The summed E-state index contributed by atoms with van der Waals surface area (Å²) < 4.78 is 0. The van der Waals surface area contributed by atoms with Gasteiger partial charge in [0, 0.05) is 31.1 Å². The standard InChI is InChI=1S/C17H30N2O/c1-13-3-2-4-15(8-5-13)18-16-9-11-19(12-10-16)17(20)14-6-7-14/h13-16,18H,2-12H2,1H3. The Hall–Kier alpha value is -0.570. The first-order valence-electron chi connectivity index (χ1n) is 8.77. The summed E-state index contributed by atoms with van der Waals surface area (Å²) in [4.78, 5) is 14.2. The first-order chi connectivity index (χ1) is 9.72. The number of nitrogens with one attached hydrogen (secondary N) is 1. The maximum Gasteiger partial charge on any atom is 0.225 e. The number of likely N-dealkylation sites (tertiary alicyclic amines) is 1. The molecule has 3 rings (SSSR count). The fourth-order valence-corrected chi connectivity index (χ4v) is 3.84. The summed E-state index contributed by atoms with van der Waals surface area (Å²) in [7, 11) is 0. The summed E-state index contributed by atoms with van der Waals surface area (Å²) in [6, 6.07) is 1.38. The molecule has 1 heterocycles. The molecule has 1 aliphatic heterocycles. The lowest BCUT2D eigenvalue weighted by molar-refractivity contribution is -0.133. The molecule has 1 amide bonds. The van der Waals surface area contributed by atoms with Gasteiger partial charge in [0.25, 0.3) is 0 Å². The van der Waals surface area contributed by atoms with Gasteiger partial charge in [-0.05, 0) is 50.9 Å². The van der Waals surface area contributed by atoms with Crippen LogP contribution in [-0.4, -0.2) is 36.0 Å². The van der Waals surface area contributed by atoms with E-state index in [1.54, 1.807) is 0 Å². The highest BCUT2D eigenvalue weighted by molar-refractivity contribution is 5.81. The highest BCUT2D eigenvalue weighted by Gasteiger charge is 2.35. The number of carbonyl (C=O) groups is 1. The summed E-state index contributed by atoms with van der Waals surface area (Å²) in [6.45, 7) is 4.36. The first kappa shape index (κ1) is 14.4. The maximum atomic E-state index is 12.0. The minimum absolute atomic E-state index is 0.392. The van der Waals surface area contributed by atoms with Gasteiger partial charge < -0.3 is 10.2 Å². The summed E-state index contributed by atoms with van der Waals surface area (Å²) in [5, 5.41) is 3.88. The van der Waals surface area contributed by atoms with Gasteiger partial charge in [0.2, 0.25) is 5.91 Å². The normalized spacial score (nSPS) is 33.0. The molecule has 0 radical (unpaired) electrons. The molecular weight excluding hydrogens is 248 g/mol. The van der Waals surface area contributed by atoms with Crippen LogP contribution in [0.1, 0.15) is 64.7 Å². The Bertz CT molecular complexity index is 332. The molecule has 2 aliphatic carbocycles. The number of hydrogen-bond acceptors (Lipinski definition) is 2. The van der Waals surface area contributed by atoms with Crippen LogP contribution in [0.2, 0.25) is 0 Å². The van der Waals surface area contributed by atoms with Gasteiger partial charge in [-0.25, -0.2) is 0 Å². The Kier molecular flexibility index (Phi) is 4.65. The average Bonchev–Trinajstić information content (AvgIpc) is 3.29. The van der Waals surface area contributed by atoms with Gasteiger partial charge in [0.1, 0.15) is 0 Å². The van der Waals surface area contributed by atoms with E-state index in [0.29, 0.717) is 17.9 Å².